The smallest absolute Gasteiger partial charge is 0.154 e. The molecule has 1 aromatic carbocycles. The molecule has 19 heavy (non-hydrogen) atoms. The molecule has 0 radical (unpaired) electrons. The number of nitrogens with zero attached hydrogens (tertiary/aromatic N) is 1. The largest absolute Gasteiger partial charge is 0.496 e. The average molecular weight is 257 g/mol. The normalized spacial score (nSPS) is 16.3. The second-order valence-electron chi connectivity index (χ2n) is 5.26. The van der Waals surface area contributed by atoms with Crippen molar-refractivity contribution in [1.29, 1.82) is 5.26 Å². The summed E-state index contributed by atoms with van der Waals surface area (Å²) in [5.74, 6) is 0.609. The van der Waals surface area contributed by atoms with Gasteiger partial charge in [-0.15, -0.1) is 0 Å². The lowest BCUT2D eigenvalue weighted by Crippen LogP contribution is -2.20. The highest BCUT2D eigenvalue weighted by Gasteiger charge is 2.27. The van der Waals surface area contributed by atoms with Crippen molar-refractivity contribution >= 4 is 5.78 Å². The van der Waals surface area contributed by atoms with E-state index < -0.39 is 5.92 Å². The number of aryl methyl sites for hydroxylation is 1. The fourth-order valence-corrected chi connectivity index (χ4v) is 2.45. The van der Waals surface area contributed by atoms with E-state index in [1.165, 1.54) is 6.42 Å². The highest BCUT2D eigenvalue weighted by Crippen LogP contribution is 2.33. The van der Waals surface area contributed by atoms with Crippen molar-refractivity contribution in [2.45, 2.75) is 38.5 Å². The first-order valence-corrected chi connectivity index (χ1v) is 6.72. The molecule has 0 bridgehead atoms. The SMILES string of the molecule is COc1cc(C(C#N)C(=O)CC2CCC2)ccc1C. The lowest BCUT2D eigenvalue weighted by atomic mass is 9.79. The Morgan fingerprint density at radius 3 is 2.79 bits per heavy atom. The summed E-state index contributed by atoms with van der Waals surface area (Å²) in [6, 6.07) is 7.69. The zero-order valence-corrected chi connectivity index (χ0v) is 11.5. The van der Waals surface area contributed by atoms with Gasteiger partial charge in [-0.2, -0.15) is 5.26 Å². The Kier molecular flexibility index (Phi) is 4.21. The molecule has 3 nitrogen and oxygen atoms in total. The predicted octanol–water partition coefficient (Wildman–Crippen LogP) is 3.37. The summed E-state index contributed by atoms with van der Waals surface area (Å²) in [6.45, 7) is 1.94. The lowest BCUT2D eigenvalue weighted by molar-refractivity contribution is -0.120. The highest BCUT2D eigenvalue weighted by molar-refractivity contribution is 5.88. The fraction of sp³-hybridized carbons (Fsp3) is 0.500. The molecule has 0 aromatic heterocycles. The van der Waals surface area contributed by atoms with E-state index in [4.69, 9.17) is 4.74 Å². The van der Waals surface area contributed by atoms with Crippen LogP contribution >= 0.6 is 0 Å². The Hall–Kier alpha value is -1.82. The van der Waals surface area contributed by atoms with Crippen molar-refractivity contribution in [2.24, 2.45) is 5.92 Å². The van der Waals surface area contributed by atoms with Crippen molar-refractivity contribution in [3.8, 4) is 11.8 Å². The fourth-order valence-electron chi connectivity index (χ4n) is 2.45. The van der Waals surface area contributed by atoms with Gasteiger partial charge in [0, 0.05) is 6.42 Å². The van der Waals surface area contributed by atoms with Crippen molar-refractivity contribution < 1.29 is 9.53 Å². The Balaban J connectivity index is 2.16. The van der Waals surface area contributed by atoms with Gasteiger partial charge in [-0.05, 0) is 30.0 Å². The monoisotopic (exact) mass is 257 g/mol. The van der Waals surface area contributed by atoms with Crippen molar-refractivity contribution in [3.63, 3.8) is 0 Å². The van der Waals surface area contributed by atoms with Crippen molar-refractivity contribution in [2.75, 3.05) is 7.11 Å². The summed E-state index contributed by atoms with van der Waals surface area (Å²) in [5, 5.41) is 9.27. The van der Waals surface area contributed by atoms with Crippen LogP contribution in [0, 0.1) is 24.2 Å². The van der Waals surface area contributed by atoms with E-state index in [2.05, 4.69) is 6.07 Å². The van der Waals surface area contributed by atoms with E-state index >= 15 is 0 Å². The molecule has 1 unspecified atom stereocenters. The first-order valence-electron chi connectivity index (χ1n) is 6.72. The van der Waals surface area contributed by atoms with Crippen LogP contribution in [0.3, 0.4) is 0 Å². The van der Waals surface area contributed by atoms with Gasteiger partial charge in [0.2, 0.25) is 0 Å². The average Bonchev–Trinajstić information content (AvgIpc) is 2.36. The van der Waals surface area contributed by atoms with Gasteiger partial charge in [-0.1, -0.05) is 31.4 Å². The van der Waals surface area contributed by atoms with Gasteiger partial charge in [0.05, 0.1) is 13.2 Å². The molecular weight excluding hydrogens is 238 g/mol. The van der Waals surface area contributed by atoms with Crippen LogP contribution in [0.2, 0.25) is 0 Å². The minimum Gasteiger partial charge on any atom is -0.496 e. The third-order valence-electron chi connectivity index (χ3n) is 3.93. The molecule has 1 aliphatic rings. The number of carbonyl (C=O) groups excluding carboxylic acids is 1. The molecule has 1 atom stereocenters. The minimum atomic E-state index is -0.657. The molecule has 1 fully saturated rings. The highest BCUT2D eigenvalue weighted by atomic mass is 16.5. The molecule has 0 saturated heterocycles. The second kappa shape index (κ2) is 5.88. The number of hydrogen-bond acceptors (Lipinski definition) is 3. The van der Waals surface area contributed by atoms with Crippen LogP contribution in [0.15, 0.2) is 18.2 Å². The Morgan fingerprint density at radius 2 is 2.26 bits per heavy atom. The van der Waals surface area contributed by atoms with Gasteiger partial charge in [0.25, 0.3) is 0 Å². The first kappa shape index (κ1) is 13.6. The van der Waals surface area contributed by atoms with E-state index in [-0.39, 0.29) is 5.78 Å². The Morgan fingerprint density at radius 1 is 1.53 bits per heavy atom. The third-order valence-corrected chi connectivity index (χ3v) is 3.93. The molecule has 1 aliphatic carbocycles. The molecule has 0 amide bonds. The molecular formula is C16H19NO2. The topological polar surface area (TPSA) is 50.1 Å². The molecule has 1 aromatic rings. The van der Waals surface area contributed by atoms with Crippen molar-refractivity contribution in [1.82, 2.24) is 0 Å². The molecule has 0 aliphatic heterocycles. The summed E-state index contributed by atoms with van der Waals surface area (Å²) >= 11 is 0. The molecule has 1 saturated carbocycles. The van der Waals surface area contributed by atoms with E-state index in [0.717, 1.165) is 29.7 Å². The minimum absolute atomic E-state index is 0.0399. The number of benzene rings is 1. The number of rotatable bonds is 5. The summed E-state index contributed by atoms with van der Waals surface area (Å²) < 4.78 is 5.25. The lowest BCUT2D eigenvalue weighted by Gasteiger charge is -2.25. The van der Waals surface area contributed by atoms with Crippen LogP contribution in [-0.2, 0) is 4.79 Å². The maximum atomic E-state index is 12.2. The maximum absolute atomic E-state index is 12.2. The molecule has 0 N–H and O–H groups in total. The number of carbonyl (C=O) groups is 1. The number of hydrogen-bond donors (Lipinski definition) is 0. The molecule has 3 heteroatoms. The van der Waals surface area contributed by atoms with Gasteiger partial charge in [0.15, 0.2) is 5.78 Å². The summed E-state index contributed by atoms with van der Waals surface area (Å²) in [6.07, 6.45) is 4.00. The molecule has 2 rings (SSSR count). The summed E-state index contributed by atoms with van der Waals surface area (Å²) in [5.41, 5.74) is 1.75. The van der Waals surface area contributed by atoms with E-state index in [1.807, 2.05) is 25.1 Å². The summed E-state index contributed by atoms with van der Waals surface area (Å²) in [7, 11) is 1.60. The zero-order valence-electron chi connectivity index (χ0n) is 11.5. The Labute approximate surface area is 114 Å². The third kappa shape index (κ3) is 2.96. The van der Waals surface area contributed by atoms with Gasteiger partial charge in [-0.3, -0.25) is 4.79 Å². The second-order valence-corrected chi connectivity index (χ2v) is 5.26. The first-order chi connectivity index (χ1) is 9.15. The zero-order chi connectivity index (χ0) is 13.8. The quantitative estimate of drug-likeness (QED) is 0.812. The Bertz CT molecular complexity index is 512. The van der Waals surface area contributed by atoms with E-state index in [1.54, 1.807) is 7.11 Å². The van der Waals surface area contributed by atoms with Crippen LogP contribution in [0.1, 0.15) is 42.7 Å². The molecule has 100 valence electrons. The van der Waals surface area contributed by atoms with Gasteiger partial charge in [-0.25, -0.2) is 0 Å². The van der Waals surface area contributed by atoms with Gasteiger partial charge in [0.1, 0.15) is 11.7 Å². The van der Waals surface area contributed by atoms with E-state index in [0.29, 0.717) is 12.3 Å². The van der Waals surface area contributed by atoms with Crippen LogP contribution < -0.4 is 4.74 Å². The predicted molar refractivity (Wildman–Crippen MR) is 73.1 cm³/mol. The number of Topliss-reactive ketones (excluding diaryl/α,β-unsaturated/α-hetero) is 1. The maximum Gasteiger partial charge on any atom is 0.154 e. The van der Waals surface area contributed by atoms with Crippen LogP contribution in [0.5, 0.6) is 5.75 Å². The van der Waals surface area contributed by atoms with Crippen LogP contribution in [-0.4, -0.2) is 12.9 Å². The molecule has 0 heterocycles. The number of ketones is 1. The van der Waals surface area contributed by atoms with Crippen LogP contribution in [0.4, 0.5) is 0 Å². The number of nitriles is 1. The number of ether oxygens (including phenoxy) is 1. The van der Waals surface area contributed by atoms with Crippen LogP contribution in [0.25, 0.3) is 0 Å². The molecule has 0 spiro atoms. The van der Waals surface area contributed by atoms with E-state index in [9.17, 15) is 10.1 Å². The van der Waals surface area contributed by atoms with Crippen molar-refractivity contribution in [3.05, 3.63) is 29.3 Å². The van der Waals surface area contributed by atoms with Gasteiger partial charge >= 0.3 is 0 Å². The summed E-state index contributed by atoms with van der Waals surface area (Å²) in [4.78, 5) is 12.2. The number of methoxy groups -OCH3 is 1. The standard InChI is InChI=1S/C16H19NO2/c1-11-6-7-13(9-16(11)19-2)14(10-17)15(18)8-12-4-3-5-12/h6-7,9,12,14H,3-5,8H2,1-2H3. The van der Waals surface area contributed by atoms with Gasteiger partial charge < -0.3 is 4.74 Å².